The van der Waals surface area contributed by atoms with Crippen molar-refractivity contribution in [3.63, 3.8) is 0 Å². The Morgan fingerprint density at radius 3 is 2.46 bits per heavy atom. The van der Waals surface area contributed by atoms with Gasteiger partial charge in [0.1, 0.15) is 0 Å². The van der Waals surface area contributed by atoms with Crippen molar-refractivity contribution < 1.29 is 9.53 Å². The van der Waals surface area contributed by atoms with Crippen molar-refractivity contribution in [3.8, 4) is 0 Å². The maximum Gasteiger partial charge on any atom is 0.164 e. The van der Waals surface area contributed by atoms with Gasteiger partial charge in [0, 0.05) is 11.5 Å². The summed E-state index contributed by atoms with van der Waals surface area (Å²) >= 11 is 0. The number of hydrogen-bond donors (Lipinski definition) is 0. The van der Waals surface area contributed by atoms with Gasteiger partial charge in [-0.25, -0.2) is 0 Å². The van der Waals surface area contributed by atoms with Gasteiger partial charge in [0.15, 0.2) is 5.78 Å². The summed E-state index contributed by atoms with van der Waals surface area (Å²) in [5, 5.41) is 0. The summed E-state index contributed by atoms with van der Waals surface area (Å²) in [6.45, 7) is 7.91. The van der Waals surface area contributed by atoms with Crippen molar-refractivity contribution in [2.75, 3.05) is 0 Å². The molecule has 1 unspecified atom stereocenters. The molecule has 0 heterocycles. The molecule has 1 aliphatic carbocycles. The Morgan fingerprint density at radius 1 is 1.46 bits per heavy atom. The van der Waals surface area contributed by atoms with Crippen LogP contribution in [0.4, 0.5) is 0 Å². The molecule has 13 heavy (non-hydrogen) atoms. The van der Waals surface area contributed by atoms with Crippen molar-refractivity contribution in [2.24, 2.45) is 5.92 Å². The quantitative estimate of drug-likeness (QED) is 0.460. The molecule has 2 heteroatoms. The largest absolute Gasteiger partial charge is 0.495 e. The molecule has 1 fully saturated rings. The van der Waals surface area contributed by atoms with Crippen LogP contribution >= 0.6 is 0 Å². The fourth-order valence-corrected chi connectivity index (χ4v) is 1.31. The van der Waals surface area contributed by atoms with Crippen LogP contribution in [0.15, 0.2) is 11.8 Å². The maximum absolute atomic E-state index is 11.5. The van der Waals surface area contributed by atoms with Crippen LogP contribution in [0, 0.1) is 5.92 Å². The smallest absolute Gasteiger partial charge is 0.164 e. The van der Waals surface area contributed by atoms with Gasteiger partial charge in [-0.2, -0.15) is 0 Å². The third-order valence-corrected chi connectivity index (χ3v) is 2.17. The highest BCUT2D eigenvalue weighted by Gasteiger charge is 2.26. The van der Waals surface area contributed by atoms with Crippen molar-refractivity contribution in [3.05, 3.63) is 11.8 Å². The molecule has 1 rings (SSSR count). The average molecular weight is 182 g/mol. The molecule has 0 N–H and O–H groups in total. The first kappa shape index (κ1) is 10.3. The van der Waals surface area contributed by atoms with Crippen LogP contribution in [0.2, 0.25) is 0 Å². The molecule has 0 aliphatic heterocycles. The Balaban J connectivity index is 2.58. The van der Waals surface area contributed by atoms with Crippen LogP contribution in [0.25, 0.3) is 0 Å². The highest BCUT2D eigenvalue weighted by atomic mass is 16.5. The second-order valence-electron chi connectivity index (χ2n) is 4.68. The van der Waals surface area contributed by atoms with Crippen LogP contribution in [-0.2, 0) is 9.53 Å². The topological polar surface area (TPSA) is 26.3 Å². The zero-order valence-corrected chi connectivity index (χ0v) is 8.89. The lowest BCUT2D eigenvalue weighted by atomic mass is 10.1. The van der Waals surface area contributed by atoms with Gasteiger partial charge in [-0.05, 0) is 33.6 Å². The first-order chi connectivity index (χ1) is 5.90. The molecule has 0 aromatic carbocycles. The second kappa shape index (κ2) is 3.52. The third-order valence-electron chi connectivity index (χ3n) is 2.17. The monoisotopic (exact) mass is 182 g/mol. The molecule has 1 aliphatic rings. The predicted octanol–water partition coefficient (Wildman–Crippen LogP) is 2.68. The van der Waals surface area contributed by atoms with Gasteiger partial charge in [-0.1, -0.05) is 6.92 Å². The van der Waals surface area contributed by atoms with E-state index in [0.29, 0.717) is 0 Å². The molecule has 74 valence electrons. The highest BCUT2D eigenvalue weighted by molar-refractivity contribution is 5.98. The van der Waals surface area contributed by atoms with Gasteiger partial charge < -0.3 is 4.74 Å². The van der Waals surface area contributed by atoms with Crippen LogP contribution in [0.5, 0.6) is 0 Å². The molecule has 0 amide bonds. The fourth-order valence-electron chi connectivity index (χ4n) is 1.31. The number of carbonyl (C=O) groups is 1. The molecule has 0 aromatic heterocycles. The summed E-state index contributed by atoms with van der Waals surface area (Å²) in [5.74, 6) is 0.444. The molecule has 1 saturated carbocycles. The minimum Gasteiger partial charge on any atom is -0.495 e. The SMILES string of the molecule is CC1CCC(=COC(C)(C)C)C1=O. The number of carbonyl (C=O) groups excluding carboxylic acids is 1. The van der Waals surface area contributed by atoms with Gasteiger partial charge in [0.05, 0.1) is 11.9 Å². The van der Waals surface area contributed by atoms with Crippen LogP contribution < -0.4 is 0 Å². The normalized spacial score (nSPS) is 26.9. The van der Waals surface area contributed by atoms with E-state index in [9.17, 15) is 4.79 Å². The lowest BCUT2D eigenvalue weighted by Gasteiger charge is -2.18. The maximum atomic E-state index is 11.5. The second-order valence-corrected chi connectivity index (χ2v) is 4.68. The van der Waals surface area contributed by atoms with Gasteiger partial charge in [0.25, 0.3) is 0 Å². The first-order valence-electron chi connectivity index (χ1n) is 4.81. The number of rotatable bonds is 1. The van der Waals surface area contributed by atoms with E-state index in [2.05, 4.69) is 0 Å². The van der Waals surface area contributed by atoms with Gasteiger partial charge in [-0.15, -0.1) is 0 Å². The highest BCUT2D eigenvalue weighted by Crippen LogP contribution is 2.26. The zero-order valence-electron chi connectivity index (χ0n) is 8.89. The molecule has 0 saturated heterocycles. The first-order valence-corrected chi connectivity index (χ1v) is 4.81. The third kappa shape index (κ3) is 2.87. The minimum absolute atomic E-state index is 0.190. The van der Waals surface area contributed by atoms with E-state index < -0.39 is 0 Å². The van der Waals surface area contributed by atoms with E-state index in [0.717, 1.165) is 18.4 Å². The lowest BCUT2D eigenvalue weighted by Crippen LogP contribution is -2.16. The van der Waals surface area contributed by atoms with Gasteiger partial charge in [0.2, 0.25) is 0 Å². The Hall–Kier alpha value is -0.790. The van der Waals surface area contributed by atoms with Crippen LogP contribution in [-0.4, -0.2) is 11.4 Å². The van der Waals surface area contributed by atoms with Gasteiger partial charge >= 0.3 is 0 Å². The molecule has 0 bridgehead atoms. The van der Waals surface area contributed by atoms with Crippen molar-refractivity contribution >= 4 is 5.78 Å². The van der Waals surface area contributed by atoms with Crippen molar-refractivity contribution in [1.29, 1.82) is 0 Å². The fraction of sp³-hybridized carbons (Fsp3) is 0.727. The van der Waals surface area contributed by atoms with E-state index in [1.54, 1.807) is 6.26 Å². The van der Waals surface area contributed by atoms with E-state index >= 15 is 0 Å². The summed E-state index contributed by atoms with van der Waals surface area (Å²) in [6.07, 6.45) is 3.49. The molecule has 0 radical (unpaired) electrons. The van der Waals surface area contributed by atoms with Crippen LogP contribution in [0.3, 0.4) is 0 Å². The summed E-state index contributed by atoms with van der Waals surface area (Å²) < 4.78 is 5.45. The number of ether oxygens (including phenoxy) is 1. The van der Waals surface area contributed by atoms with Crippen LogP contribution in [0.1, 0.15) is 40.5 Å². The molecule has 1 atom stereocenters. The number of Topliss-reactive ketones (excluding diaryl/α,β-unsaturated/α-hetero) is 1. The average Bonchev–Trinajstić information content (AvgIpc) is 2.29. The Kier molecular flexibility index (Phi) is 2.79. The van der Waals surface area contributed by atoms with E-state index in [1.165, 1.54) is 0 Å². The Labute approximate surface area is 80.0 Å². The Bertz CT molecular complexity index is 233. The Morgan fingerprint density at radius 2 is 2.08 bits per heavy atom. The van der Waals surface area contributed by atoms with E-state index in [1.807, 2.05) is 27.7 Å². The van der Waals surface area contributed by atoms with Gasteiger partial charge in [-0.3, -0.25) is 4.79 Å². The lowest BCUT2D eigenvalue weighted by molar-refractivity contribution is -0.117. The molecule has 0 spiro atoms. The predicted molar refractivity (Wildman–Crippen MR) is 52.3 cm³/mol. The molecule has 0 aromatic rings. The van der Waals surface area contributed by atoms with Crippen molar-refractivity contribution in [2.45, 2.75) is 46.1 Å². The number of hydrogen-bond acceptors (Lipinski definition) is 2. The summed E-state index contributed by atoms with van der Waals surface area (Å²) in [5.41, 5.74) is 0.654. The van der Waals surface area contributed by atoms with E-state index in [-0.39, 0.29) is 17.3 Å². The summed E-state index contributed by atoms with van der Waals surface area (Å²) in [7, 11) is 0. The van der Waals surface area contributed by atoms with E-state index in [4.69, 9.17) is 4.74 Å². The summed E-state index contributed by atoms with van der Waals surface area (Å²) in [4.78, 5) is 11.5. The standard InChI is InChI=1S/C11H18O2/c1-8-5-6-9(10(8)12)7-13-11(2,3)4/h7-8H,5-6H2,1-4H3. The minimum atomic E-state index is -0.195. The van der Waals surface area contributed by atoms with Crippen molar-refractivity contribution in [1.82, 2.24) is 0 Å². The zero-order chi connectivity index (χ0) is 10.1. The molecule has 2 nitrogen and oxygen atoms in total. The summed E-state index contributed by atoms with van der Waals surface area (Å²) in [6, 6.07) is 0. The number of ketones is 1. The number of allylic oxidation sites excluding steroid dienone is 1. The molecular formula is C11H18O2. The molecular weight excluding hydrogens is 164 g/mol.